The molecule has 0 aromatic heterocycles. The van der Waals surface area contributed by atoms with Crippen molar-refractivity contribution >= 4 is 12.0 Å². The van der Waals surface area contributed by atoms with Gasteiger partial charge in [0.1, 0.15) is 5.60 Å². The van der Waals surface area contributed by atoms with Crippen molar-refractivity contribution in [2.75, 3.05) is 13.1 Å². The van der Waals surface area contributed by atoms with E-state index in [4.69, 9.17) is 10.5 Å². The fourth-order valence-corrected chi connectivity index (χ4v) is 2.25. The van der Waals surface area contributed by atoms with Crippen molar-refractivity contribution in [2.45, 2.75) is 65.1 Å². The van der Waals surface area contributed by atoms with Gasteiger partial charge in [0, 0.05) is 13.1 Å². The molecule has 0 aromatic carbocycles. The smallest absolute Gasteiger partial charge is 0.410 e. The molecule has 2 atom stereocenters. The van der Waals surface area contributed by atoms with Gasteiger partial charge in [-0.2, -0.15) is 0 Å². The predicted octanol–water partition coefficient (Wildman–Crippen LogP) is 1.49. The molecule has 1 aliphatic rings. The molecule has 1 aliphatic heterocycles. The average molecular weight is 299 g/mol. The van der Waals surface area contributed by atoms with Crippen LogP contribution in [0.15, 0.2) is 0 Å². The highest BCUT2D eigenvalue weighted by molar-refractivity contribution is 5.81. The summed E-state index contributed by atoms with van der Waals surface area (Å²) in [4.78, 5) is 25.7. The van der Waals surface area contributed by atoms with Crippen molar-refractivity contribution in [3.05, 3.63) is 0 Å². The molecular weight excluding hydrogens is 270 g/mol. The molecule has 1 saturated heterocycles. The SMILES string of the molecule is CC(C)C(N)C(=O)NCC1CCCN1C(=O)OC(C)(C)C. The number of hydrogen-bond donors (Lipinski definition) is 2. The molecule has 1 fully saturated rings. The predicted molar refractivity (Wildman–Crippen MR) is 81.8 cm³/mol. The molecule has 122 valence electrons. The lowest BCUT2D eigenvalue weighted by atomic mass is 10.0. The molecule has 3 N–H and O–H groups in total. The van der Waals surface area contributed by atoms with Crippen molar-refractivity contribution in [3.63, 3.8) is 0 Å². The molecule has 2 amide bonds. The number of hydrogen-bond acceptors (Lipinski definition) is 4. The van der Waals surface area contributed by atoms with Gasteiger partial charge < -0.3 is 20.7 Å². The summed E-state index contributed by atoms with van der Waals surface area (Å²) in [7, 11) is 0. The quantitative estimate of drug-likeness (QED) is 0.823. The Morgan fingerprint density at radius 1 is 1.38 bits per heavy atom. The van der Waals surface area contributed by atoms with Crippen LogP contribution in [0.5, 0.6) is 0 Å². The number of ether oxygens (including phenoxy) is 1. The summed E-state index contributed by atoms with van der Waals surface area (Å²) < 4.78 is 5.39. The summed E-state index contributed by atoms with van der Waals surface area (Å²) in [5.41, 5.74) is 5.30. The summed E-state index contributed by atoms with van der Waals surface area (Å²) in [6.07, 6.45) is 1.49. The molecule has 0 aromatic rings. The van der Waals surface area contributed by atoms with Gasteiger partial charge in [-0.25, -0.2) is 4.79 Å². The average Bonchev–Trinajstić information content (AvgIpc) is 2.81. The maximum absolute atomic E-state index is 12.1. The Morgan fingerprint density at radius 3 is 2.52 bits per heavy atom. The van der Waals surface area contributed by atoms with Crippen molar-refractivity contribution in [1.82, 2.24) is 10.2 Å². The Balaban J connectivity index is 2.51. The van der Waals surface area contributed by atoms with E-state index in [0.29, 0.717) is 13.1 Å². The molecule has 1 rings (SSSR count). The maximum Gasteiger partial charge on any atom is 0.410 e. The summed E-state index contributed by atoms with van der Waals surface area (Å²) >= 11 is 0. The van der Waals surface area contributed by atoms with E-state index in [0.717, 1.165) is 12.8 Å². The maximum atomic E-state index is 12.1. The van der Waals surface area contributed by atoms with Crippen LogP contribution in [0.4, 0.5) is 4.79 Å². The first kappa shape index (κ1) is 17.8. The third-order valence-corrected chi connectivity index (χ3v) is 3.54. The molecule has 21 heavy (non-hydrogen) atoms. The third-order valence-electron chi connectivity index (χ3n) is 3.54. The topological polar surface area (TPSA) is 84.7 Å². The molecule has 1 heterocycles. The van der Waals surface area contributed by atoms with Crippen LogP contribution in [-0.4, -0.2) is 47.7 Å². The molecule has 0 spiro atoms. The minimum atomic E-state index is -0.513. The standard InChI is InChI=1S/C15H29N3O3/c1-10(2)12(16)13(19)17-9-11-7-6-8-18(11)14(20)21-15(3,4)5/h10-12H,6-9,16H2,1-5H3,(H,17,19). The van der Waals surface area contributed by atoms with Gasteiger partial charge in [0.2, 0.25) is 5.91 Å². The van der Waals surface area contributed by atoms with Gasteiger partial charge in [-0.05, 0) is 39.5 Å². The van der Waals surface area contributed by atoms with Crippen molar-refractivity contribution in [3.8, 4) is 0 Å². The number of carbonyl (C=O) groups is 2. The Hall–Kier alpha value is -1.30. The highest BCUT2D eigenvalue weighted by Gasteiger charge is 2.32. The molecule has 0 radical (unpaired) electrons. The van der Waals surface area contributed by atoms with E-state index in [1.165, 1.54) is 0 Å². The zero-order chi connectivity index (χ0) is 16.2. The lowest BCUT2D eigenvalue weighted by molar-refractivity contribution is -0.123. The normalized spacial score (nSPS) is 20.5. The van der Waals surface area contributed by atoms with E-state index >= 15 is 0 Å². The second-order valence-corrected chi connectivity index (χ2v) is 6.98. The third kappa shape index (κ3) is 5.53. The number of rotatable bonds is 4. The number of amides is 2. The number of carbonyl (C=O) groups excluding carboxylic acids is 2. The lowest BCUT2D eigenvalue weighted by Gasteiger charge is -2.29. The first-order valence-electron chi connectivity index (χ1n) is 7.64. The summed E-state index contributed by atoms with van der Waals surface area (Å²) in [5.74, 6) is -0.0726. The van der Waals surface area contributed by atoms with Crippen LogP contribution in [0.2, 0.25) is 0 Å². The molecule has 6 nitrogen and oxygen atoms in total. The van der Waals surface area contributed by atoms with E-state index in [-0.39, 0.29) is 24.0 Å². The summed E-state index contributed by atoms with van der Waals surface area (Å²) in [6.45, 7) is 10.5. The van der Waals surface area contributed by atoms with E-state index in [2.05, 4.69) is 5.32 Å². The second kappa shape index (κ2) is 7.11. The van der Waals surface area contributed by atoms with Gasteiger partial charge in [0.15, 0.2) is 0 Å². The van der Waals surface area contributed by atoms with Crippen LogP contribution >= 0.6 is 0 Å². The van der Waals surface area contributed by atoms with Crippen LogP contribution in [0, 0.1) is 5.92 Å². The molecule has 0 saturated carbocycles. The van der Waals surface area contributed by atoms with Crippen LogP contribution in [0.25, 0.3) is 0 Å². The van der Waals surface area contributed by atoms with Gasteiger partial charge in [0.05, 0.1) is 12.1 Å². The number of nitrogens with one attached hydrogen (secondary N) is 1. The van der Waals surface area contributed by atoms with E-state index < -0.39 is 11.6 Å². The summed E-state index contributed by atoms with van der Waals surface area (Å²) in [5, 5.41) is 2.84. The van der Waals surface area contributed by atoms with E-state index in [9.17, 15) is 9.59 Å². The van der Waals surface area contributed by atoms with Gasteiger partial charge >= 0.3 is 6.09 Å². The number of likely N-dealkylation sites (tertiary alicyclic amines) is 1. The van der Waals surface area contributed by atoms with Crippen molar-refractivity contribution < 1.29 is 14.3 Å². The Bertz CT molecular complexity index is 377. The van der Waals surface area contributed by atoms with Crippen LogP contribution in [0.1, 0.15) is 47.5 Å². The first-order chi connectivity index (χ1) is 9.61. The van der Waals surface area contributed by atoms with Gasteiger partial charge in [-0.3, -0.25) is 4.79 Å². The van der Waals surface area contributed by atoms with Crippen LogP contribution in [0.3, 0.4) is 0 Å². The Morgan fingerprint density at radius 2 is 2.00 bits per heavy atom. The molecule has 0 bridgehead atoms. The lowest BCUT2D eigenvalue weighted by Crippen LogP contribution is -2.49. The van der Waals surface area contributed by atoms with Crippen molar-refractivity contribution in [2.24, 2.45) is 11.7 Å². The molecule has 2 unspecified atom stereocenters. The number of nitrogens with two attached hydrogens (primary N) is 1. The van der Waals surface area contributed by atoms with Crippen LogP contribution in [-0.2, 0) is 9.53 Å². The fraction of sp³-hybridized carbons (Fsp3) is 0.867. The minimum Gasteiger partial charge on any atom is -0.444 e. The number of nitrogens with zero attached hydrogens (tertiary/aromatic N) is 1. The zero-order valence-electron chi connectivity index (χ0n) is 13.8. The molecule has 6 heteroatoms. The largest absolute Gasteiger partial charge is 0.444 e. The Kier molecular flexibility index (Phi) is 6.01. The molecular formula is C15H29N3O3. The van der Waals surface area contributed by atoms with Crippen molar-refractivity contribution in [1.29, 1.82) is 0 Å². The monoisotopic (exact) mass is 299 g/mol. The van der Waals surface area contributed by atoms with Gasteiger partial charge in [0.25, 0.3) is 0 Å². The Labute approximate surface area is 127 Å². The first-order valence-corrected chi connectivity index (χ1v) is 7.64. The van der Waals surface area contributed by atoms with Gasteiger partial charge in [-0.1, -0.05) is 13.8 Å². The van der Waals surface area contributed by atoms with E-state index in [1.807, 2.05) is 34.6 Å². The zero-order valence-corrected chi connectivity index (χ0v) is 13.8. The minimum absolute atomic E-state index is 0.0110. The second-order valence-electron chi connectivity index (χ2n) is 6.98. The fourth-order valence-electron chi connectivity index (χ4n) is 2.25. The highest BCUT2D eigenvalue weighted by Crippen LogP contribution is 2.20. The summed E-state index contributed by atoms with van der Waals surface area (Å²) in [6, 6.07) is -0.524. The van der Waals surface area contributed by atoms with E-state index in [1.54, 1.807) is 4.90 Å². The highest BCUT2D eigenvalue weighted by atomic mass is 16.6. The van der Waals surface area contributed by atoms with Gasteiger partial charge in [-0.15, -0.1) is 0 Å². The molecule has 0 aliphatic carbocycles. The van der Waals surface area contributed by atoms with Crippen LogP contribution < -0.4 is 11.1 Å².